The van der Waals surface area contributed by atoms with Crippen molar-refractivity contribution in [2.24, 2.45) is 5.92 Å². The number of carbonyl (C=O) groups excluding carboxylic acids is 2. The summed E-state index contributed by atoms with van der Waals surface area (Å²) in [6.45, 7) is 8.89. The van der Waals surface area contributed by atoms with Crippen LogP contribution in [0.4, 0.5) is 5.82 Å². The van der Waals surface area contributed by atoms with Crippen LogP contribution in [0.15, 0.2) is 6.07 Å². The van der Waals surface area contributed by atoms with E-state index >= 15 is 0 Å². The molecule has 0 spiro atoms. The van der Waals surface area contributed by atoms with Gasteiger partial charge in [0.05, 0.1) is 12.2 Å². The van der Waals surface area contributed by atoms with E-state index in [1.54, 1.807) is 4.90 Å². The van der Waals surface area contributed by atoms with Crippen molar-refractivity contribution >= 4 is 17.6 Å². The Morgan fingerprint density at radius 3 is 3.04 bits per heavy atom. The zero-order valence-electron chi connectivity index (χ0n) is 15.3. The molecule has 0 bridgehead atoms. The quantitative estimate of drug-likeness (QED) is 0.784. The molecule has 2 amide bonds. The first kappa shape index (κ1) is 17.9. The van der Waals surface area contributed by atoms with Crippen LogP contribution in [0.25, 0.3) is 0 Å². The van der Waals surface area contributed by atoms with Crippen molar-refractivity contribution in [3.05, 3.63) is 11.8 Å². The van der Waals surface area contributed by atoms with E-state index in [0.717, 1.165) is 30.4 Å². The van der Waals surface area contributed by atoms with Crippen LogP contribution in [0, 0.1) is 12.8 Å². The molecule has 1 atom stereocenters. The number of hydrogen-bond donors (Lipinski definition) is 1. The first-order valence-corrected chi connectivity index (χ1v) is 9.37. The number of nitrogens with zero attached hydrogens (tertiary/aromatic N) is 4. The molecule has 0 aliphatic carbocycles. The van der Waals surface area contributed by atoms with E-state index in [4.69, 9.17) is 0 Å². The molecule has 1 saturated heterocycles. The van der Waals surface area contributed by atoms with Crippen LogP contribution in [-0.4, -0.2) is 59.2 Å². The fourth-order valence-corrected chi connectivity index (χ4v) is 3.77. The fraction of sp³-hybridized carbons (Fsp3) is 0.722. The van der Waals surface area contributed by atoms with Gasteiger partial charge in [-0.2, -0.15) is 5.10 Å². The number of aryl methyl sites for hydroxylation is 2. The van der Waals surface area contributed by atoms with E-state index in [-0.39, 0.29) is 18.4 Å². The molecule has 1 N–H and O–H groups in total. The average molecular weight is 347 g/mol. The Hall–Kier alpha value is -1.89. The van der Waals surface area contributed by atoms with Gasteiger partial charge in [0.15, 0.2) is 0 Å². The monoisotopic (exact) mass is 347 g/mol. The molecule has 2 aliphatic rings. The summed E-state index contributed by atoms with van der Waals surface area (Å²) in [5.41, 5.74) is 0.867. The maximum Gasteiger partial charge on any atom is 0.240 e. The van der Waals surface area contributed by atoms with Gasteiger partial charge in [-0.25, -0.2) is 4.68 Å². The molecule has 1 aromatic heterocycles. The Balaban J connectivity index is 1.42. The van der Waals surface area contributed by atoms with Crippen molar-refractivity contribution in [3.63, 3.8) is 0 Å². The first-order chi connectivity index (χ1) is 12.0. The van der Waals surface area contributed by atoms with Gasteiger partial charge >= 0.3 is 0 Å². The van der Waals surface area contributed by atoms with E-state index in [1.807, 2.05) is 17.7 Å². The summed E-state index contributed by atoms with van der Waals surface area (Å²) in [7, 11) is 0. The van der Waals surface area contributed by atoms with Gasteiger partial charge in [0.25, 0.3) is 0 Å². The van der Waals surface area contributed by atoms with Crippen molar-refractivity contribution < 1.29 is 9.59 Å². The van der Waals surface area contributed by atoms with E-state index in [9.17, 15) is 9.59 Å². The van der Waals surface area contributed by atoms with Crippen molar-refractivity contribution in [2.75, 3.05) is 37.6 Å². The Bertz CT molecular complexity index is 627. The number of nitrogens with one attached hydrogen (secondary N) is 1. The fourth-order valence-electron chi connectivity index (χ4n) is 3.77. The third-order valence-electron chi connectivity index (χ3n) is 5.01. The molecular formula is C18H29N5O2. The zero-order chi connectivity index (χ0) is 17.8. The van der Waals surface area contributed by atoms with E-state index in [2.05, 4.69) is 22.2 Å². The van der Waals surface area contributed by atoms with Crippen molar-refractivity contribution in [2.45, 2.75) is 46.1 Å². The van der Waals surface area contributed by atoms with E-state index in [1.165, 1.54) is 25.9 Å². The summed E-state index contributed by atoms with van der Waals surface area (Å²) < 4.78 is 1.81. The summed E-state index contributed by atoms with van der Waals surface area (Å²) in [6.07, 6.45) is 3.95. The molecule has 2 aliphatic heterocycles. The molecule has 7 heteroatoms. The standard InChI is InChI=1S/C18H29N5O2/c1-14-5-3-8-21(12-14)9-4-7-19-16(24)13-22-17-11-15(2)20-23(17)10-6-18(22)25/h11,14H,3-10,12-13H2,1-2H3,(H,19,24). The SMILES string of the molecule is Cc1cc2n(n1)CCC(=O)N2CC(=O)NCCCN1CCCC(C)C1. The first-order valence-electron chi connectivity index (χ1n) is 9.37. The summed E-state index contributed by atoms with van der Waals surface area (Å²) in [5, 5.41) is 7.31. The Morgan fingerprint density at radius 2 is 2.24 bits per heavy atom. The lowest BCUT2D eigenvalue weighted by atomic mass is 10.0. The third-order valence-corrected chi connectivity index (χ3v) is 5.01. The Labute approximate surface area is 149 Å². The van der Waals surface area contributed by atoms with Crippen LogP contribution in [0.2, 0.25) is 0 Å². The van der Waals surface area contributed by atoms with Gasteiger partial charge in [-0.1, -0.05) is 6.92 Å². The second kappa shape index (κ2) is 7.99. The third kappa shape index (κ3) is 4.60. The minimum Gasteiger partial charge on any atom is -0.354 e. The van der Waals surface area contributed by atoms with Crippen LogP contribution in [-0.2, 0) is 16.1 Å². The average Bonchev–Trinajstić information content (AvgIpc) is 2.95. The van der Waals surface area contributed by atoms with Crippen molar-refractivity contribution in [1.82, 2.24) is 20.0 Å². The summed E-state index contributed by atoms with van der Waals surface area (Å²) in [4.78, 5) is 28.4. The second-order valence-electron chi connectivity index (χ2n) is 7.35. The predicted octanol–water partition coefficient (Wildman–Crippen LogP) is 1.17. The molecule has 0 radical (unpaired) electrons. The number of fused-ring (bicyclic) bond motifs is 1. The molecule has 0 aromatic carbocycles. The summed E-state index contributed by atoms with van der Waals surface area (Å²) in [6, 6.07) is 1.86. The highest BCUT2D eigenvalue weighted by Crippen LogP contribution is 2.22. The number of piperidine rings is 1. The lowest BCUT2D eigenvalue weighted by Crippen LogP contribution is -2.45. The molecule has 7 nitrogen and oxygen atoms in total. The molecule has 1 unspecified atom stereocenters. The molecule has 25 heavy (non-hydrogen) atoms. The van der Waals surface area contributed by atoms with Gasteiger partial charge in [-0.05, 0) is 45.2 Å². The maximum absolute atomic E-state index is 12.2. The molecule has 3 rings (SSSR count). The van der Waals surface area contributed by atoms with Gasteiger partial charge in [0.1, 0.15) is 12.4 Å². The highest BCUT2D eigenvalue weighted by Gasteiger charge is 2.27. The number of hydrogen-bond acceptors (Lipinski definition) is 4. The summed E-state index contributed by atoms with van der Waals surface area (Å²) >= 11 is 0. The molecule has 0 saturated carbocycles. The smallest absolute Gasteiger partial charge is 0.240 e. The Kier molecular flexibility index (Phi) is 5.73. The van der Waals surface area contributed by atoms with Gasteiger partial charge < -0.3 is 10.2 Å². The van der Waals surface area contributed by atoms with Crippen LogP contribution in [0.3, 0.4) is 0 Å². The molecule has 3 heterocycles. The molecular weight excluding hydrogens is 318 g/mol. The molecule has 1 fully saturated rings. The van der Waals surface area contributed by atoms with Crippen LogP contribution in [0.5, 0.6) is 0 Å². The second-order valence-corrected chi connectivity index (χ2v) is 7.35. The highest BCUT2D eigenvalue weighted by molar-refractivity contribution is 5.98. The number of carbonyl (C=O) groups is 2. The maximum atomic E-state index is 12.2. The van der Waals surface area contributed by atoms with Crippen LogP contribution < -0.4 is 10.2 Å². The predicted molar refractivity (Wildman–Crippen MR) is 96.4 cm³/mol. The van der Waals surface area contributed by atoms with Crippen LogP contribution in [0.1, 0.15) is 38.3 Å². The highest BCUT2D eigenvalue weighted by atomic mass is 16.2. The van der Waals surface area contributed by atoms with Gasteiger partial charge in [0, 0.05) is 25.6 Å². The molecule has 1 aromatic rings. The van der Waals surface area contributed by atoms with Crippen molar-refractivity contribution in [1.29, 1.82) is 0 Å². The van der Waals surface area contributed by atoms with E-state index in [0.29, 0.717) is 19.5 Å². The van der Waals surface area contributed by atoms with Crippen molar-refractivity contribution in [3.8, 4) is 0 Å². The zero-order valence-corrected chi connectivity index (χ0v) is 15.3. The number of anilines is 1. The number of aromatic nitrogens is 2. The van der Waals surface area contributed by atoms with Gasteiger partial charge in [0.2, 0.25) is 11.8 Å². The minimum atomic E-state index is -0.104. The number of likely N-dealkylation sites (tertiary alicyclic amines) is 1. The summed E-state index contributed by atoms with van der Waals surface area (Å²) in [5.74, 6) is 1.39. The lowest BCUT2D eigenvalue weighted by molar-refractivity contribution is -0.124. The van der Waals surface area contributed by atoms with Gasteiger partial charge in [-0.3, -0.25) is 14.5 Å². The van der Waals surface area contributed by atoms with Gasteiger partial charge in [-0.15, -0.1) is 0 Å². The minimum absolute atomic E-state index is 0.00939. The topological polar surface area (TPSA) is 70.5 Å². The Morgan fingerprint density at radius 1 is 1.40 bits per heavy atom. The van der Waals surface area contributed by atoms with E-state index < -0.39 is 0 Å². The number of rotatable bonds is 6. The lowest BCUT2D eigenvalue weighted by Gasteiger charge is -2.30. The normalized spacial score (nSPS) is 21.3. The van der Waals surface area contributed by atoms with Crippen LogP contribution >= 0.6 is 0 Å². The molecule has 138 valence electrons. The largest absolute Gasteiger partial charge is 0.354 e. The number of amides is 2.